The molecule has 0 radical (unpaired) electrons. The van der Waals surface area contributed by atoms with Gasteiger partial charge in [0.2, 0.25) is 0 Å². The summed E-state index contributed by atoms with van der Waals surface area (Å²) in [5.74, 6) is 0.0884. The van der Waals surface area contributed by atoms with E-state index in [1.54, 1.807) is 13.2 Å². The molecule has 0 saturated heterocycles. The van der Waals surface area contributed by atoms with Crippen LogP contribution in [-0.4, -0.2) is 19.4 Å². The summed E-state index contributed by atoms with van der Waals surface area (Å²) < 4.78 is 4.99. The van der Waals surface area contributed by atoms with Crippen LogP contribution in [0.3, 0.4) is 0 Å². The van der Waals surface area contributed by atoms with Gasteiger partial charge < -0.3 is 10.5 Å². The Morgan fingerprint density at radius 1 is 1.50 bits per heavy atom. The number of hydrogen-bond acceptors (Lipinski definition) is 3. The average Bonchev–Trinajstić information content (AvgIpc) is 2.19. The van der Waals surface area contributed by atoms with Crippen molar-refractivity contribution < 1.29 is 9.53 Å². The van der Waals surface area contributed by atoms with E-state index in [9.17, 15) is 4.79 Å². The first-order valence-electron chi connectivity index (χ1n) is 4.59. The molecule has 0 saturated carbocycles. The molecule has 0 aliphatic carbocycles. The molecular weight excluding hydrogens is 178 g/mol. The molecule has 3 heteroatoms. The number of Topliss-reactive ketones (excluding diaryl/α,β-unsaturated/α-hetero) is 1. The third-order valence-corrected chi connectivity index (χ3v) is 1.93. The molecule has 0 aromatic heterocycles. The molecule has 76 valence electrons. The second-order valence-corrected chi connectivity index (χ2v) is 3.10. The Morgan fingerprint density at radius 3 is 2.93 bits per heavy atom. The smallest absolute Gasteiger partial charge is 0.164 e. The summed E-state index contributed by atoms with van der Waals surface area (Å²) >= 11 is 0. The highest BCUT2D eigenvalue weighted by Gasteiger charge is 2.04. The number of carbonyl (C=O) groups excluding carboxylic acids is 1. The minimum Gasteiger partial charge on any atom is -0.380 e. The van der Waals surface area contributed by atoms with Crippen LogP contribution >= 0.6 is 0 Å². The van der Waals surface area contributed by atoms with Gasteiger partial charge in [0.1, 0.15) is 0 Å². The van der Waals surface area contributed by atoms with Crippen molar-refractivity contribution in [3.8, 4) is 0 Å². The van der Waals surface area contributed by atoms with E-state index >= 15 is 0 Å². The second kappa shape index (κ2) is 5.52. The molecule has 0 spiro atoms. The highest BCUT2D eigenvalue weighted by atomic mass is 16.5. The summed E-state index contributed by atoms with van der Waals surface area (Å²) in [5, 5.41) is 0. The van der Waals surface area contributed by atoms with Crippen molar-refractivity contribution in [1.29, 1.82) is 0 Å². The zero-order valence-electron chi connectivity index (χ0n) is 8.32. The molecule has 0 bridgehead atoms. The van der Waals surface area contributed by atoms with Crippen LogP contribution in [0, 0.1) is 0 Å². The van der Waals surface area contributed by atoms with Gasteiger partial charge in [-0.2, -0.15) is 0 Å². The highest BCUT2D eigenvalue weighted by molar-refractivity contribution is 5.96. The summed E-state index contributed by atoms with van der Waals surface area (Å²) in [6.07, 6.45) is 0.399. The topological polar surface area (TPSA) is 52.3 Å². The van der Waals surface area contributed by atoms with Crippen LogP contribution in [0.5, 0.6) is 0 Å². The van der Waals surface area contributed by atoms with E-state index in [1.807, 2.05) is 18.2 Å². The maximum Gasteiger partial charge on any atom is 0.164 e. The molecule has 3 nitrogen and oxygen atoms in total. The first-order chi connectivity index (χ1) is 6.77. The lowest BCUT2D eigenvalue weighted by Crippen LogP contribution is -2.08. The molecule has 0 unspecified atom stereocenters. The predicted molar refractivity (Wildman–Crippen MR) is 55.2 cm³/mol. The SMILES string of the molecule is COCc1cccc(C(=O)CCN)c1. The first kappa shape index (κ1) is 10.9. The monoisotopic (exact) mass is 193 g/mol. The largest absolute Gasteiger partial charge is 0.380 e. The number of ketones is 1. The molecular formula is C11H15NO2. The van der Waals surface area contributed by atoms with Crippen LogP contribution in [-0.2, 0) is 11.3 Å². The van der Waals surface area contributed by atoms with E-state index in [1.165, 1.54) is 0 Å². The lowest BCUT2D eigenvalue weighted by atomic mass is 10.1. The Bertz CT molecular complexity index is 310. The van der Waals surface area contributed by atoms with Crippen molar-refractivity contribution >= 4 is 5.78 Å². The van der Waals surface area contributed by atoms with Gasteiger partial charge in [-0.15, -0.1) is 0 Å². The van der Waals surface area contributed by atoms with Gasteiger partial charge in [-0.1, -0.05) is 18.2 Å². The van der Waals surface area contributed by atoms with E-state index in [0.29, 0.717) is 25.1 Å². The standard InChI is InChI=1S/C11H15NO2/c1-14-8-9-3-2-4-10(7-9)11(13)5-6-12/h2-4,7H,5-6,8,12H2,1H3. The molecule has 1 rings (SSSR count). The van der Waals surface area contributed by atoms with E-state index in [2.05, 4.69) is 0 Å². The zero-order valence-corrected chi connectivity index (χ0v) is 8.32. The highest BCUT2D eigenvalue weighted by Crippen LogP contribution is 2.08. The fourth-order valence-electron chi connectivity index (χ4n) is 1.28. The third kappa shape index (κ3) is 2.94. The minimum atomic E-state index is 0.0884. The lowest BCUT2D eigenvalue weighted by molar-refractivity contribution is 0.0985. The summed E-state index contributed by atoms with van der Waals surface area (Å²) in [6, 6.07) is 7.44. The molecule has 14 heavy (non-hydrogen) atoms. The fourth-order valence-corrected chi connectivity index (χ4v) is 1.28. The van der Waals surface area contributed by atoms with Crippen LogP contribution in [0.4, 0.5) is 0 Å². The zero-order chi connectivity index (χ0) is 10.4. The van der Waals surface area contributed by atoms with Crippen LogP contribution in [0.2, 0.25) is 0 Å². The first-order valence-corrected chi connectivity index (χ1v) is 4.59. The quantitative estimate of drug-likeness (QED) is 0.718. The van der Waals surface area contributed by atoms with E-state index in [0.717, 1.165) is 5.56 Å². The van der Waals surface area contributed by atoms with Crippen molar-refractivity contribution in [2.75, 3.05) is 13.7 Å². The molecule has 1 aromatic carbocycles. The predicted octanol–water partition coefficient (Wildman–Crippen LogP) is 1.36. The Morgan fingerprint density at radius 2 is 2.29 bits per heavy atom. The van der Waals surface area contributed by atoms with Gasteiger partial charge in [0.05, 0.1) is 6.61 Å². The molecule has 0 aliphatic heterocycles. The van der Waals surface area contributed by atoms with Gasteiger partial charge in [-0.3, -0.25) is 4.79 Å². The van der Waals surface area contributed by atoms with Crippen LogP contribution in [0.25, 0.3) is 0 Å². The normalized spacial score (nSPS) is 10.1. The van der Waals surface area contributed by atoms with Gasteiger partial charge in [-0.25, -0.2) is 0 Å². The van der Waals surface area contributed by atoms with E-state index in [-0.39, 0.29) is 5.78 Å². The summed E-state index contributed by atoms with van der Waals surface area (Å²) in [6.45, 7) is 0.928. The third-order valence-electron chi connectivity index (χ3n) is 1.93. The Hall–Kier alpha value is -1.19. The molecule has 0 aliphatic rings. The molecule has 0 fully saturated rings. The van der Waals surface area contributed by atoms with Crippen molar-refractivity contribution in [3.63, 3.8) is 0 Å². The van der Waals surface area contributed by atoms with E-state index in [4.69, 9.17) is 10.5 Å². The number of methoxy groups -OCH3 is 1. The fraction of sp³-hybridized carbons (Fsp3) is 0.364. The Labute approximate surface area is 83.9 Å². The molecule has 0 heterocycles. The van der Waals surface area contributed by atoms with Crippen LogP contribution in [0.15, 0.2) is 24.3 Å². The molecule has 1 aromatic rings. The number of benzene rings is 1. The van der Waals surface area contributed by atoms with Crippen molar-refractivity contribution in [3.05, 3.63) is 35.4 Å². The Kier molecular flexibility index (Phi) is 4.29. The van der Waals surface area contributed by atoms with Gasteiger partial charge in [-0.05, 0) is 18.2 Å². The summed E-state index contributed by atoms with van der Waals surface area (Å²) in [5.41, 5.74) is 7.04. The number of nitrogens with two attached hydrogens (primary N) is 1. The number of carbonyl (C=O) groups is 1. The molecule has 0 amide bonds. The van der Waals surface area contributed by atoms with Gasteiger partial charge in [0.15, 0.2) is 5.78 Å². The Balaban J connectivity index is 2.77. The number of ether oxygens (including phenoxy) is 1. The van der Waals surface area contributed by atoms with Crippen molar-refractivity contribution in [1.82, 2.24) is 0 Å². The maximum atomic E-state index is 11.5. The number of rotatable bonds is 5. The molecule has 0 atom stereocenters. The molecule has 2 N–H and O–H groups in total. The second-order valence-electron chi connectivity index (χ2n) is 3.10. The summed E-state index contributed by atoms with van der Waals surface area (Å²) in [7, 11) is 1.63. The van der Waals surface area contributed by atoms with Gasteiger partial charge in [0, 0.05) is 19.1 Å². The van der Waals surface area contributed by atoms with E-state index < -0.39 is 0 Å². The summed E-state index contributed by atoms with van der Waals surface area (Å²) in [4.78, 5) is 11.5. The minimum absolute atomic E-state index is 0.0884. The number of hydrogen-bond donors (Lipinski definition) is 1. The van der Waals surface area contributed by atoms with Gasteiger partial charge in [0.25, 0.3) is 0 Å². The van der Waals surface area contributed by atoms with Crippen molar-refractivity contribution in [2.45, 2.75) is 13.0 Å². The van der Waals surface area contributed by atoms with Crippen LogP contribution < -0.4 is 5.73 Å². The lowest BCUT2D eigenvalue weighted by Gasteiger charge is -2.02. The van der Waals surface area contributed by atoms with Crippen LogP contribution in [0.1, 0.15) is 22.3 Å². The average molecular weight is 193 g/mol. The van der Waals surface area contributed by atoms with Gasteiger partial charge >= 0.3 is 0 Å². The maximum absolute atomic E-state index is 11.5. The van der Waals surface area contributed by atoms with Crippen molar-refractivity contribution in [2.24, 2.45) is 5.73 Å².